The molecule has 0 aromatic carbocycles. The number of carbonyl (C=O) groups is 3. The van der Waals surface area contributed by atoms with Gasteiger partial charge in [-0.3, -0.25) is 23.8 Å². The molecule has 0 aromatic heterocycles. The van der Waals surface area contributed by atoms with Crippen molar-refractivity contribution in [1.82, 2.24) is 14.9 Å². The SMILES string of the molecule is CCOP(C)(=O)CC(=O)N1O[C@H](CC2CCCCC2)C(=O)N2[C@@H]1CN(CC1CCCCC1)C(=O)[C@@H]2CC(C)(C)C. The van der Waals surface area contributed by atoms with Gasteiger partial charge < -0.3 is 14.3 Å². The summed E-state index contributed by atoms with van der Waals surface area (Å²) in [5.41, 5.74) is -0.209. The van der Waals surface area contributed by atoms with Gasteiger partial charge in [0, 0.05) is 13.2 Å². The fraction of sp³-hybridized carbons (Fsp3) is 0.900. The second kappa shape index (κ2) is 13.2. The Morgan fingerprint density at radius 2 is 1.57 bits per heavy atom. The number of fused-ring (bicyclic) bond motifs is 1. The molecular formula is C30H52N3O6P. The smallest absolute Gasteiger partial charge is 0.257 e. The van der Waals surface area contributed by atoms with Crippen LogP contribution in [0.3, 0.4) is 0 Å². The quantitative estimate of drug-likeness (QED) is 0.337. The van der Waals surface area contributed by atoms with Crippen molar-refractivity contribution in [3.8, 4) is 0 Å². The fourth-order valence-electron chi connectivity index (χ4n) is 7.16. The average molecular weight is 582 g/mol. The molecule has 9 nitrogen and oxygen atoms in total. The third-order valence-electron chi connectivity index (χ3n) is 9.03. The Morgan fingerprint density at radius 3 is 2.15 bits per heavy atom. The Morgan fingerprint density at radius 1 is 0.975 bits per heavy atom. The molecule has 2 saturated heterocycles. The maximum Gasteiger partial charge on any atom is 0.257 e. The molecule has 0 aromatic rings. The average Bonchev–Trinajstić information content (AvgIpc) is 2.88. The van der Waals surface area contributed by atoms with Gasteiger partial charge in [-0.15, -0.1) is 0 Å². The normalized spacial score (nSPS) is 28.9. The largest absolute Gasteiger partial charge is 0.337 e. The molecule has 2 heterocycles. The number of nitrogens with zero attached hydrogens (tertiary/aromatic N) is 3. The van der Waals surface area contributed by atoms with E-state index in [9.17, 15) is 18.9 Å². The van der Waals surface area contributed by atoms with Crippen LogP contribution in [0.5, 0.6) is 0 Å². The van der Waals surface area contributed by atoms with Gasteiger partial charge in [0.15, 0.2) is 12.3 Å². The summed E-state index contributed by atoms with van der Waals surface area (Å²) < 4.78 is 18.5. The molecule has 4 atom stereocenters. The first-order valence-corrected chi connectivity index (χ1v) is 17.9. The number of hydrogen-bond acceptors (Lipinski definition) is 6. The van der Waals surface area contributed by atoms with Gasteiger partial charge in [-0.25, -0.2) is 0 Å². The van der Waals surface area contributed by atoms with Crippen LogP contribution in [-0.2, 0) is 28.3 Å². The van der Waals surface area contributed by atoms with Crippen LogP contribution in [0.1, 0.15) is 105 Å². The Labute approximate surface area is 241 Å². The zero-order valence-electron chi connectivity index (χ0n) is 25.4. The highest BCUT2D eigenvalue weighted by molar-refractivity contribution is 7.59. The van der Waals surface area contributed by atoms with Gasteiger partial charge in [-0.05, 0) is 49.9 Å². The van der Waals surface area contributed by atoms with Crippen LogP contribution in [0.2, 0.25) is 0 Å². The first-order valence-electron chi connectivity index (χ1n) is 15.7. The van der Waals surface area contributed by atoms with E-state index in [1.165, 1.54) is 37.4 Å². The highest BCUT2D eigenvalue weighted by Gasteiger charge is 2.54. The van der Waals surface area contributed by atoms with Crippen LogP contribution in [0, 0.1) is 17.3 Å². The van der Waals surface area contributed by atoms with E-state index < -0.39 is 31.6 Å². The van der Waals surface area contributed by atoms with Crippen LogP contribution < -0.4 is 0 Å². The summed E-state index contributed by atoms with van der Waals surface area (Å²) in [6.45, 7) is 10.6. The highest BCUT2D eigenvalue weighted by Crippen LogP contribution is 2.44. The minimum atomic E-state index is -3.19. The second-order valence-corrected chi connectivity index (χ2v) is 16.5. The summed E-state index contributed by atoms with van der Waals surface area (Å²) in [4.78, 5) is 51.8. The van der Waals surface area contributed by atoms with Crippen LogP contribution in [-0.4, -0.2) is 83.4 Å². The molecule has 0 bridgehead atoms. The summed E-state index contributed by atoms with van der Waals surface area (Å²) in [7, 11) is -3.19. The molecule has 2 aliphatic carbocycles. The van der Waals surface area contributed by atoms with E-state index in [1.807, 2.05) is 4.90 Å². The second-order valence-electron chi connectivity index (χ2n) is 13.9. The molecule has 228 valence electrons. The van der Waals surface area contributed by atoms with E-state index in [2.05, 4.69) is 20.8 Å². The highest BCUT2D eigenvalue weighted by atomic mass is 31.2. The molecule has 10 heteroatoms. The minimum absolute atomic E-state index is 0.0220. The molecule has 0 N–H and O–H groups in total. The lowest BCUT2D eigenvalue weighted by Gasteiger charge is -2.54. The van der Waals surface area contributed by atoms with Gasteiger partial charge in [0.25, 0.3) is 11.8 Å². The topological polar surface area (TPSA) is 96.5 Å². The van der Waals surface area contributed by atoms with Crippen molar-refractivity contribution in [3.63, 3.8) is 0 Å². The molecule has 4 fully saturated rings. The summed E-state index contributed by atoms with van der Waals surface area (Å²) in [6.07, 6.45) is 10.5. The monoisotopic (exact) mass is 581 g/mol. The lowest BCUT2D eigenvalue weighted by atomic mass is 9.83. The van der Waals surface area contributed by atoms with Crippen molar-refractivity contribution in [2.24, 2.45) is 17.3 Å². The standard InChI is InChI=1S/C30H52N3O6P/c1-6-38-40(5,37)21-27(34)33-26-20-31(19-23-15-11-8-12-16-23)28(35)24(18-30(2,3)4)32(26)29(36)25(39-33)17-22-13-9-7-10-14-22/h22-26H,6-21H2,1-5H3/t24-,25+,26-,40?/m0/s1. The molecule has 4 rings (SSSR count). The summed E-state index contributed by atoms with van der Waals surface area (Å²) in [6, 6.07) is -0.664. The van der Waals surface area contributed by atoms with Crippen LogP contribution in [0.25, 0.3) is 0 Å². The van der Waals surface area contributed by atoms with Crippen molar-refractivity contribution < 1.29 is 28.3 Å². The van der Waals surface area contributed by atoms with Crippen molar-refractivity contribution in [2.75, 3.05) is 32.5 Å². The van der Waals surface area contributed by atoms with Crippen molar-refractivity contribution in [2.45, 2.75) is 123 Å². The lowest BCUT2D eigenvalue weighted by molar-refractivity contribution is -0.276. The van der Waals surface area contributed by atoms with Gasteiger partial charge in [0.1, 0.15) is 12.2 Å². The number of amides is 3. The maximum absolute atomic E-state index is 14.1. The molecular weight excluding hydrogens is 529 g/mol. The Balaban J connectivity index is 1.66. The molecule has 2 saturated carbocycles. The predicted octanol–water partition coefficient (Wildman–Crippen LogP) is 5.43. The van der Waals surface area contributed by atoms with Gasteiger partial charge in [-0.1, -0.05) is 72.1 Å². The van der Waals surface area contributed by atoms with Crippen molar-refractivity contribution >= 4 is 25.1 Å². The predicted molar refractivity (Wildman–Crippen MR) is 155 cm³/mol. The minimum Gasteiger partial charge on any atom is -0.337 e. The Hall–Kier alpha value is -1.44. The molecule has 2 aliphatic heterocycles. The van der Waals surface area contributed by atoms with E-state index in [0.717, 1.165) is 38.5 Å². The third-order valence-corrected chi connectivity index (χ3v) is 10.7. The van der Waals surface area contributed by atoms with Gasteiger partial charge in [0.05, 0.1) is 13.2 Å². The van der Waals surface area contributed by atoms with Crippen LogP contribution >= 0.6 is 7.37 Å². The van der Waals surface area contributed by atoms with E-state index in [1.54, 1.807) is 11.8 Å². The molecule has 40 heavy (non-hydrogen) atoms. The van der Waals surface area contributed by atoms with Gasteiger partial charge in [0.2, 0.25) is 13.3 Å². The van der Waals surface area contributed by atoms with Gasteiger partial charge in [-0.2, -0.15) is 5.06 Å². The fourth-order valence-corrected chi connectivity index (χ4v) is 8.43. The summed E-state index contributed by atoms with van der Waals surface area (Å²) >= 11 is 0. The van der Waals surface area contributed by atoms with Gasteiger partial charge >= 0.3 is 0 Å². The van der Waals surface area contributed by atoms with E-state index in [-0.39, 0.29) is 36.5 Å². The lowest BCUT2D eigenvalue weighted by Crippen LogP contribution is -2.74. The molecule has 0 spiro atoms. The van der Waals surface area contributed by atoms with Crippen LogP contribution in [0.4, 0.5) is 0 Å². The Bertz CT molecular complexity index is 956. The van der Waals surface area contributed by atoms with Crippen LogP contribution in [0.15, 0.2) is 0 Å². The molecule has 1 unspecified atom stereocenters. The molecule has 3 amide bonds. The van der Waals surface area contributed by atoms with E-state index >= 15 is 0 Å². The number of rotatable bonds is 9. The first kappa shape index (κ1) is 31.5. The van der Waals surface area contributed by atoms with Crippen molar-refractivity contribution in [3.05, 3.63) is 0 Å². The number of carbonyl (C=O) groups excluding carboxylic acids is 3. The zero-order chi connectivity index (χ0) is 29.1. The Kier molecular flexibility index (Phi) is 10.4. The summed E-state index contributed by atoms with van der Waals surface area (Å²) in [5, 5.41) is 1.31. The first-order chi connectivity index (χ1) is 18.9. The van der Waals surface area contributed by atoms with E-state index in [4.69, 9.17) is 9.36 Å². The maximum atomic E-state index is 14.1. The number of hydroxylamine groups is 2. The summed E-state index contributed by atoms with van der Waals surface area (Å²) in [5.74, 6) is 0.116. The number of hydrogen-bond donors (Lipinski definition) is 0. The van der Waals surface area contributed by atoms with Crippen molar-refractivity contribution in [1.29, 1.82) is 0 Å². The zero-order valence-corrected chi connectivity index (χ0v) is 26.3. The molecule has 4 aliphatic rings. The number of piperazine rings is 1. The van der Waals surface area contributed by atoms with E-state index in [0.29, 0.717) is 31.2 Å². The third kappa shape index (κ3) is 7.89. The molecule has 0 radical (unpaired) electrons.